The lowest BCUT2D eigenvalue weighted by atomic mass is 10.2. The Morgan fingerprint density at radius 2 is 2.33 bits per heavy atom. The lowest BCUT2D eigenvalue weighted by Crippen LogP contribution is -2.33. The summed E-state index contributed by atoms with van der Waals surface area (Å²) in [7, 11) is 0. The molecule has 0 radical (unpaired) electrons. The summed E-state index contributed by atoms with van der Waals surface area (Å²) in [5.41, 5.74) is -0.805. The lowest BCUT2D eigenvalue weighted by Gasteiger charge is -2.14. The molecule has 3 heterocycles. The Hall–Kier alpha value is -1.63. The Kier molecular flexibility index (Phi) is 2.70. The summed E-state index contributed by atoms with van der Waals surface area (Å²) < 4.78 is 14.6. The molecule has 1 aliphatic rings. The molecule has 94 valence electrons. The summed E-state index contributed by atoms with van der Waals surface area (Å²) in [4.78, 5) is 29.7. The maximum Gasteiger partial charge on any atom is 0.330 e. The zero-order valence-electron chi connectivity index (χ0n) is 9.35. The molecule has 0 bridgehead atoms. The molecule has 1 N–H and O–H groups in total. The number of hydrogen-bond acceptors (Lipinski definition) is 4. The van der Waals surface area contributed by atoms with E-state index in [2.05, 4.69) is 9.97 Å². The molecule has 2 aromatic rings. The predicted molar refractivity (Wildman–Crippen MR) is 67.6 cm³/mol. The van der Waals surface area contributed by atoms with Crippen molar-refractivity contribution in [1.82, 2.24) is 14.5 Å². The number of fused-ring (bicyclic) bond motifs is 1. The Labute approximate surface area is 105 Å². The van der Waals surface area contributed by atoms with Crippen molar-refractivity contribution in [2.45, 2.75) is 12.5 Å². The van der Waals surface area contributed by atoms with Gasteiger partial charge < -0.3 is 0 Å². The minimum Gasteiger partial charge on any atom is -0.274 e. The molecular formula is C11H10FN3O2S. The van der Waals surface area contributed by atoms with Crippen LogP contribution in [0.1, 0.15) is 12.5 Å². The minimum absolute atomic E-state index is 0.0137. The molecule has 1 saturated heterocycles. The number of rotatable bonds is 1. The normalized spacial score (nSPS) is 19.5. The van der Waals surface area contributed by atoms with Gasteiger partial charge in [0.25, 0.3) is 5.56 Å². The van der Waals surface area contributed by atoms with Gasteiger partial charge in [-0.05, 0) is 18.2 Å². The van der Waals surface area contributed by atoms with Crippen LogP contribution in [0.4, 0.5) is 4.39 Å². The van der Waals surface area contributed by atoms with E-state index < -0.39 is 17.1 Å². The van der Waals surface area contributed by atoms with Crippen molar-refractivity contribution >= 4 is 22.8 Å². The second kappa shape index (κ2) is 4.24. The van der Waals surface area contributed by atoms with E-state index in [4.69, 9.17) is 0 Å². The summed E-state index contributed by atoms with van der Waals surface area (Å²) in [5, 5.41) is 0.117. The number of hydrogen-bond donors (Lipinski definition) is 1. The number of aromatic nitrogens is 3. The van der Waals surface area contributed by atoms with E-state index in [-0.39, 0.29) is 17.1 Å². The van der Waals surface area contributed by atoms with Crippen LogP contribution in [0.15, 0.2) is 21.9 Å². The van der Waals surface area contributed by atoms with Crippen LogP contribution in [0.2, 0.25) is 0 Å². The molecule has 0 aliphatic carbocycles. The standard InChI is InChI=1S/C11H10FN3O2S/c12-6-3-8-9(13-4-6)15(7-1-2-18-5-7)11(17)14-10(8)16/h3-4,7H,1-2,5H2,(H,14,16,17). The van der Waals surface area contributed by atoms with Crippen LogP contribution >= 0.6 is 11.8 Å². The van der Waals surface area contributed by atoms with Crippen molar-refractivity contribution in [3.8, 4) is 0 Å². The van der Waals surface area contributed by atoms with Crippen molar-refractivity contribution < 1.29 is 4.39 Å². The molecule has 1 fully saturated rings. The number of pyridine rings is 1. The Bertz CT molecular complexity index is 718. The van der Waals surface area contributed by atoms with Crippen LogP contribution in [0, 0.1) is 5.82 Å². The van der Waals surface area contributed by atoms with E-state index in [0.29, 0.717) is 0 Å². The van der Waals surface area contributed by atoms with Crippen LogP contribution in [0.3, 0.4) is 0 Å². The highest BCUT2D eigenvalue weighted by Crippen LogP contribution is 2.27. The van der Waals surface area contributed by atoms with Crippen LogP contribution in [0.25, 0.3) is 11.0 Å². The number of thioether (sulfide) groups is 1. The van der Waals surface area contributed by atoms with Gasteiger partial charge in [0, 0.05) is 5.75 Å². The van der Waals surface area contributed by atoms with E-state index in [1.807, 2.05) is 0 Å². The minimum atomic E-state index is -0.594. The maximum atomic E-state index is 13.1. The van der Waals surface area contributed by atoms with Gasteiger partial charge in [0.15, 0.2) is 0 Å². The molecule has 0 saturated carbocycles. The third-order valence-electron chi connectivity index (χ3n) is 3.02. The first-order valence-electron chi connectivity index (χ1n) is 5.54. The van der Waals surface area contributed by atoms with Gasteiger partial charge in [-0.2, -0.15) is 11.8 Å². The topological polar surface area (TPSA) is 67.8 Å². The van der Waals surface area contributed by atoms with Crippen molar-refractivity contribution in [3.05, 3.63) is 38.9 Å². The van der Waals surface area contributed by atoms with Crippen molar-refractivity contribution in [1.29, 1.82) is 0 Å². The van der Waals surface area contributed by atoms with Gasteiger partial charge in [-0.1, -0.05) is 0 Å². The summed E-state index contributed by atoms with van der Waals surface area (Å²) in [6, 6.07) is 1.12. The molecule has 0 aromatic carbocycles. The first kappa shape index (κ1) is 11.5. The molecule has 5 nitrogen and oxygen atoms in total. The Balaban J connectivity index is 2.36. The van der Waals surface area contributed by atoms with E-state index in [9.17, 15) is 14.0 Å². The van der Waals surface area contributed by atoms with Crippen LogP contribution < -0.4 is 11.2 Å². The van der Waals surface area contributed by atoms with E-state index >= 15 is 0 Å². The number of halogens is 1. The SMILES string of the molecule is O=c1[nH]c(=O)n(C2CCSC2)c2ncc(F)cc12. The fraction of sp³-hybridized carbons (Fsp3) is 0.364. The second-order valence-electron chi connectivity index (χ2n) is 4.17. The molecule has 3 rings (SSSR count). The number of nitrogens with one attached hydrogen (secondary N) is 1. The van der Waals surface area contributed by atoms with Gasteiger partial charge in [-0.3, -0.25) is 14.3 Å². The first-order valence-corrected chi connectivity index (χ1v) is 6.70. The molecule has 7 heteroatoms. The number of aromatic amines is 1. The second-order valence-corrected chi connectivity index (χ2v) is 5.32. The monoisotopic (exact) mass is 267 g/mol. The maximum absolute atomic E-state index is 13.1. The predicted octanol–water partition coefficient (Wildman–Crippen LogP) is 0.902. The van der Waals surface area contributed by atoms with Crippen LogP contribution in [-0.4, -0.2) is 26.0 Å². The summed E-state index contributed by atoms with van der Waals surface area (Å²) in [6.07, 6.45) is 1.88. The quantitative estimate of drug-likeness (QED) is 0.833. The molecular weight excluding hydrogens is 257 g/mol. The molecule has 0 spiro atoms. The van der Waals surface area contributed by atoms with Gasteiger partial charge in [0.05, 0.1) is 17.6 Å². The number of H-pyrrole nitrogens is 1. The van der Waals surface area contributed by atoms with Gasteiger partial charge >= 0.3 is 5.69 Å². The Morgan fingerprint density at radius 1 is 1.50 bits per heavy atom. The molecule has 1 unspecified atom stereocenters. The van der Waals surface area contributed by atoms with Crippen molar-refractivity contribution in [3.63, 3.8) is 0 Å². The highest BCUT2D eigenvalue weighted by Gasteiger charge is 2.22. The van der Waals surface area contributed by atoms with E-state index in [1.165, 1.54) is 4.57 Å². The summed E-state index contributed by atoms with van der Waals surface area (Å²) in [6.45, 7) is 0. The van der Waals surface area contributed by atoms with Crippen molar-refractivity contribution in [2.24, 2.45) is 0 Å². The average Bonchev–Trinajstić information content (AvgIpc) is 2.83. The fourth-order valence-electron chi connectivity index (χ4n) is 2.18. The van der Waals surface area contributed by atoms with Gasteiger partial charge in [0.2, 0.25) is 0 Å². The zero-order chi connectivity index (χ0) is 12.7. The van der Waals surface area contributed by atoms with E-state index in [0.717, 1.165) is 30.2 Å². The molecule has 1 aliphatic heterocycles. The third kappa shape index (κ3) is 1.74. The number of nitrogens with zero attached hydrogens (tertiary/aromatic N) is 2. The lowest BCUT2D eigenvalue weighted by molar-refractivity contribution is 0.542. The first-order chi connectivity index (χ1) is 8.66. The molecule has 0 amide bonds. The highest BCUT2D eigenvalue weighted by atomic mass is 32.2. The highest BCUT2D eigenvalue weighted by molar-refractivity contribution is 7.99. The average molecular weight is 267 g/mol. The fourth-order valence-corrected chi connectivity index (χ4v) is 3.37. The largest absolute Gasteiger partial charge is 0.330 e. The van der Waals surface area contributed by atoms with Crippen LogP contribution in [0.5, 0.6) is 0 Å². The smallest absolute Gasteiger partial charge is 0.274 e. The molecule has 18 heavy (non-hydrogen) atoms. The zero-order valence-corrected chi connectivity index (χ0v) is 10.2. The summed E-state index contributed by atoms with van der Waals surface area (Å²) >= 11 is 1.75. The van der Waals surface area contributed by atoms with Gasteiger partial charge in [-0.25, -0.2) is 14.2 Å². The Morgan fingerprint density at radius 3 is 3.06 bits per heavy atom. The molecule has 1 atom stereocenters. The molecule has 2 aromatic heterocycles. The van der Waals surface area contributed by atoms with Crippen LogP contribution in [-0.2, 0) is 0 Å². The third-order valence-corrected chi connectivity index (χ3v) is 4.16. The van der Waals surface area contributed by atoms with Gasteiger partial charge in [-0.15, -0.1) is 0 Å². The van der Waals surface area contributed by atoms with Crippen molar-refractivity contribution in [2.75, 3.05) is 11.5 Å². The van der Waals surface area contributed by atoms with E-state index in [1.54, 1.807) is 11.8 Å². The van der Waals surface area contributed by atoms with Gasteiger partial charge in [0.1, 0.15) is 11.5 Å². The summed E-state index contributed by atoms with van der Waals surface area (Å²) in [5.74, 6) is 1.19.